The van der Waals surface area contributed by atoms with Gasteiger partial charge in [-0.05, 0) is 25.5 Å². The molecule has 0 radical (unpaired) electrons. The molecule has 25 heavy (non-hydrogen) atoms. The average Bonchev–Trinajstić information content (AvgIpc) is 2.51. The Bertz CT molecular complexity index is 802. The molecule has 9 heteroatoms. The quantitative estimate of drug-likeness (QED) is 0.730. The van der Waals surface area contributed by atoms with E-state index in [2.05, 4.69) is 0 Å². The van der Waals surface area contributed by atoms with Crippen LogP contribution in [-0.2, 0) is 24.4 Å². The lowest BCUT2D eigenvalue weighted by Gasteiger charge is -2.45. The van der Waals surface area contributed by atoms with E-state index >= 15 is 0 Å². The maximum atomic E-state index is 12.8. The number of carboxylic acid groups (broad SMARTS) is 1. The van der Waals surface area contributed by atoms with Crippen molar-refractivity contribution in [3.8, 4) is 0 Å². The summed E-state index contributed by atoms with van der Waals surface area (Å²) in [7, 11) is -2.91. The maximum absolute atomic E-state index is 12.8. The Balaban J connectivity index is 2.37. The van der Waals surface area contributed by atoms with Crippen LogP contribution in [0.3, 0.4) is 0 Å². The van der Waals surface area contributed by atoms with Crippen molar-refractivity contribution < 1.29 is 27.9 Å². The summed E-state index contributed by atoms with van der Waals surface area (Å²) in [5, 5.41) is 8.82. The lowest BCUT2D eigenvalue weighted by Crippen LogP contribution is -2.68. The fourth-order valence-electron chi connectivity index (χ4n) is 2.79. The predicted octanol–water partition coefficient (Wildman–Crippen LogP) is 0.464. The molecule has 136 valence electrons. The van der Waals surface area contributed by atoms with Gasteiger partial charge in [0.25, 0.3) is 10.0 Å². The molecule has 1 aromatic carbocycles. The number of amides is 2. The topological polar surface area (TPSA) is 112 Å². The van der Waals surface area contributed by atoms with Gasteiger partial charge >= 0.3 is 5.97 Å². The van der Waals surface area contributed by atoms with Crippen molar-refractivity contribution >= 4 is 27.8 Å². The van der Waals surface area contributed by atoms with Crippen molar-refractivity contribution in [3.63, 3.8) is 0 Å². The molecule has 1 aliphatic heterocycles. The van der Waals surface area contributed by atoms with Crippen molar-refractivity contribution in [2.75, 3.05) is 13.6 Å². The van der Waals surface area contributed by atoms with Crippen LogP contribution in [0.25, 0.3) is 0 Å². The molecule has 1 saturated heterocycles. The summed E-state index contributed by atoms with van der Waals surface area (Å²) in [4.78, 5) is 36.5. The monoisotopic (exact) mass is 368 g/mol. The SMILES string of the molecule is CC[C@H]1C(=O)N(S(=O)(=O)c2ccc(C)cc2)[C@H]1C(=O)N(C)CC(=O)O. The minimum absolute atomic E-state index is 0.0836. The highest BCUT2D eigenvalue weighted by Gasteiger charge is 2.56. The molecule has 2 atom stereocenters. The number of carbonyl (C=O) groups is 3. The van der Waals surface area contributed by atoms with E-state index in [0.717, 1.165) is 10.5 Å². The first kappa shape index (κ1) is 18.9. The Morgan fingerprint density at radius 3 is 2.28 bits per heavy atom. The van der Waals surface area contributed by atoms with Gasteiger partial charge in [0.1, 0.15) is 12.6 Å². The molecule has 2 amide bonds. The highest BCUT2D eigenvalue weighted by atomic mass is 32.2. The van der Waals surface area contributed by atoms with Gasteiger partial charge in [-0.2, -0.15) is 0 Å². The van der Waals surface area contributed by atoms with Crippen LogP contribution in [0, 0.1) is 12.8 Å². The summed E-state index contributed by atoms with van der Waals surface area (Å²) in [6, 6.07) is 4.73. The molecule has 1 aromatic rings. The van der Waals surface area contributed by atoms with Gasteiger partial charge in [-0.1, -0.05) is 24.6 Å². The summed E-state index contributed by atoms with van der Waals surface area (Å²) in [6.45, 7) is 2.90. The number of sulfonamides is 1. The van der Waals surface area contributed by atoms with Crippen LogP contribution in [-0.4, -0.2) is 60.1 Å². The Hall–Kier alpha value is -2.42. The molecule has 0 saturated carbocycles. The third-order valence-corrected chi connectivity index (χ3v) is 5.98. The fourth-order valence-corrected chi connectivity index (χ4v) is 4.40. The number of hydrogen-bond donors (Lipinski definition) is 1. The van der Waals surface area contributed by atoms with E-state index in [1.807, 2.05) is 0 Å². The lowest BCUT2D eigenvalue weighted by atomic mass is 9.87. The second-order valence-electron chi connectivity index (χ2n) is 6.00. The van der Waals surface area contributed by atoms with E-state index < -0.39 is 46.3 Å². The number of benzene rings is 1. The molecular formula is C16H20N2O6S. The molecule has 1 fully saturated rings. The number of aliphatic carboxylic acids is 1. The minimum atomic E-state index is -4.18. The van der Waals surface area contributed by atoms with Crippen molar-refractivity contribution in [2.45, 2.75) is 31.2 Å². The van der Waals surface area contributed by atoms with E-state index in [4.69, 9.17) is 5.11 Å². The van der Waals surface area contributed by atoms with Gasteiger partial charge in [0.15, 0.2) is 0 Å². The highest BCUT2D eigenvalue weighted by molar-refractivity contribution is 7.89. The number of nitrogens with zero attached hydrogens (tertiary/aromatic N) is 2. The van der Waals surface area contributed by atoms with Crippen LogP contribution >= 0.6 is 0 Å². The van der Waals surface area contributed by atoms with Crippen molar-refractivity contribution in [2.24, 2.45) is 5.92 Å². The van der Waals surface area contributed by atoms with Gasteiger partial charge in [-0.3, -0.25) is 14.4 Å². The van der Waals surface area contributed by atoms with Crippen molar-refractivity contribution in [1.29, 1.82) is 0 Å². The van der Waals surface area contributed by atoms with Gasteiger partial charge in [0, 0.05) is 7.05 Å². The second kappa shape index (κ2) is 6.83. The highest BCUT2D eigenvalue weighted by Crippen LogP contribution is 2.36. The van der Waals surface area contributed by atoms with Crippen molar-refractivity contribution in [3.05, 3.63) is 29.8 Å². The maximum Gasteiger partial charge on any atom is 0.323 e. The Kier molecular flexibility index (Phi) is 5.17. The molecule has 0 spiro atoms. The summed E-state index contributed by atoms with van der Waals surface area (Å²) < 4.78 is 26.1. The van der Waals surface area contributed by atoms with E-state index in [-0.39, 0.29) is 11.3 Å². The van der Waals surface area contributed by atoms with E-state index in [1.165, 1.54) is 19.2 Å². The number of hydrogen-bond acceptors (Lipinski definition) is 5. The molecular weight excluding hydrogens is 348 g/mol. The molecule has 1 N–H and O–H groups in total. The Morgan fingerprint density at radius 1 is 1.24 bits per heavy atom. The first-order valence-corrected chi connectivity index (χ1v) is 9.17. The number of carbonyl (C=O) groups excluding carboxylic acids is 2. The summed E-state index contributed by atoms with van der Waals surface area (Å²) in [5.74, 6) is -3.35. The summed E-state index contributed by atoms with van der Waals surface area (Å²) in [5.41, 5.74) is 0.856. The van der Waals surface area contributed by atoms with Crippen LogP contribution in [0.15, 0.2) is 29.2 Å². The van der Waals surface area contributed by atoms with E-state index in [9.17, 15) is 22.8 Å². The summed E-state index contributed by atoms with van der Waals surface area (Å²) in [6.07, 6.45) is 0.288. The molecule has 1 heterocycles. The van der Waals surface area contributed by atoms with Gasteiger partial charge in [-0.15, -0.1) is 0 Å². The van der Waals surface area contributed by atoms with E-state index in [0.29, 0.717) is 4.31 Å². The van der Waals surface area contributed by atoms with Crippen LogP contribution in [0.2, 0.25) is 0 Å². The van der Waals surface area contributed by atoms with Gasteiger partial charge in [-0.25, -0.2) is 12.7 Å². The number of likely N-dealkylation sites (N-methyl/N-ethyl adjacent to an activating group) is 1. The number of carboxylic acids is 1. The number of rotatable bonds is 6. The van der Waals surface area contributed by atoms with Gasteiger partial charge in [0.2, 0.25) is 11.8 Å². The fraction of sp³-hybridized carbons (Fsp3) is 0.438. The van der Waals surface area contributed by atoms with Gasteiger partial charge < -0.3 is 10.0 Å². The lowest BCUT2D eigenvalue weighted by molar-refractivity contribution is -0.159. The zero-order valence-corrected chi connectivity index (χ0v) is 15.0. The van der Waals surface area contributed by atoms with Crippen molar-refractivity contribution in [1.82, 2.24) is 9.21 Å². The summed E-state index contributed by atoms with van der Waals surface area (Å²) >= 11 is 0. The normalized spacial score (nSPS) is 20.1. The molecule has 2 rings (SSSR count). The zero-order chi connectivity index (χ0) is 18.9. The number of β-lactam (4-membered cyclic amide) rings is 1. The van der Waals surface area contributed by atoms with E-state index in [1.54, 1.807) is 26.0 Å². The molecule has 0 aromatic heterocycles. The first-order chi connectivity index (χ1) is 11.6. The van der Waals surface area contributed by atoms with Crippen LogP contribution in [0.5, 0.6) is 0 Å². The largest absolute Gasteiger partial charge is 0.480 e. The van der Waals surface area contributed by atoms with Gasteiger partial charge in [0.05, 0.1) is 10.8 Å². The smallest absolute Gasteiger partial charge is 0.323 e. The molecule has 0 aliphatic carbocycles. The standard InChI is InChI=1S/C16H20N2O6S/c1-4-12-14(16(22)17(3)9-13(19)20)18(15(12)21)25(23,24)11-7-5-10(2)6-8-11/h5-8,12,14H,4,9H2,1-3H3,(H,19,20)/t12-,14-/m1/s1. The second-order valence-corrected chi connectivity index (χ2v) is 7.81. The van der Waals surface area contributed by atoms with Crippen LogP contribution < -0.4 is 0 Å². The van der Waals surface area contributed by atoms with Crippen LogP contribution in [0.1, 0.15) is 18.9 Å². The van der Waals surface area contributed by atoms with Crippen LogP contribution in [0.4, 0.5) is 0 Å². The molecule has 8 nitrogen and oxygen atoms in total. The minimum Gasteiger partial charge on any atom is -0.480 e. The third-order valence-electron chi connectivity index (χ3n) is 4.19. The molecule has 1 aliphatic rings. The predicted molar refractivity (Wildman–Crippen MR) is 88.1 cm³/mol. The Labute approximate surface area is 146 Å². The third kappa shape index (κ3) is 3.37. The average molecular weight is 368 g/mol. The molecule has 0 bridgehead atoms. The molecule has 0 unspecified atom stereocenters. The first-order valence-electron chi connectivity index (χ1n) is 7.73. The number of aryl methyl sites for hydroxylation is 1. The Morgan fingerprint density at radius 2 is 1.80 bits per heavy atom. The zero-order valence-electron chi connectivity index (χ0n) is 14.2.